The Bertz CT molecular complexity index is 445. The number of aldehydes is 1. The summed E-state index contributed by atoms with van der Waals surface area (Å²) in [4.78, 5) is 10.3. The van der Waals surface area contributed by atoms with Gasteiger partial charge in [-0.1, -0.05) is 6.07 Å². The topological polar surface area (TPSA) is 34.4 Å². The number of pyridine rings is 1. The van der Waals surface area contributed by atoms with Crippen LogP contribution in [0.25, 0.3) is 5.52 Å². The van der Waals surface area contributed by atoms with E-state index in [0.29, 0.717) is 6.42 Å². The van der Waals surface area contributed by atoms with E-state index in [-0.39, 0.29) is 0 Å². The highest BCUT2D eigenvalue weighted by molar-refractivity contribution is 5.64. The Hall–Kier alpha value is -1.64. The van der Waals surface area contributed by atoms with Gasteiger partial charge in [-0.15, -0.1) is 0 Å². The molecule has 2 rings (SSSR count). The van der Waals surface area contributed by atoms with Crippen LogP contribution in [0.4, 0.5) is 0 Å². The molecule has 0 aliphatic heterocycles. The zero-order valence-electron chi connectivity index (χ0n) is 7.40. The molecule has 3 nitrogen and oxygen atoms in total. The van der Waals surface area contributed by atoms with Gasteiger partial charge in [-0.2, -0.15) is 5.10 Å². The molecule has 0 spiro atoms. The molecule has 0 N–H and O–H groups in total. The number of hydrogen-bond donors (Lipinski definition) is 0. The van der Waals surface area contributed by atoms with Crippen molar-refractivity contribution in [1.82, 2.24) is 9.61 Å². The third kappa shape index (κ3) is 1.33. The van der Waals surface area contributed by atoms with Crippen molar-refractivity contribution in [3.05, 3.63) is 35.7 Å². The first-order valence-electron chi connectivity index (χ1n) is 4.18. The average molecular weight is 174 g/mol. The number of aryl methyl sites for hydroxylation is 1. The Morgan fingerprint density at radius 1 is 1.54 bits per heavy atom. The Morgan fingerprint density at radius 2 is 2.38 bits per heavy atom. The number of hydrogen-bond acceptors (Lipinski definition) is 2. The number of aromatic nitrogens is 2. The Morgan fingerprint density at radius 3 is 3.15 bits per heavy atom. The van der Waals surface area contributed by atoms with Gasteiger partial charge in [0.25, 0.3) is 0 Å². The Balaban J connectivity index is 2.61. The van der Waals surface area contributed by atoms with E-state index in [1.807, 2.05) is 25.3 Å². The molecule has 0 bridgehead atoms. The summed E-state index contributed by atoms with van der Waals surface area (Å²) < 4.78 is 1.80. The minimum atomic E-state index is 0.437. The molecule has 0 amide bonds. The molecule has 0 unspecified atom stereocenters. The molecule has 0 aromatic carbocycles. The molecule has 66 valence electrons. The number of nitrogens with zero attached hydrogens (tertiary/aromatic N) is 2. The molecular weight excluding hydrogens is 164 g/mol. The molecule has 0 aliphatic rings. The van der Waals surface area contributed by atoms with Crippen molar-refractivity contribution >= 4 is 11.8 Å². The van der Waals surface area contributed by atoms with Gasteiger partial charge >= 0.3 is 0 Å². The second-order valence-electron chi connectivity index (χ2n) is 3.08. The van der Waals surface area contributed by atoms with Crippen LogP contribution in [-0.4, -0.2) is 15.9 Å². The summed E-state index contributed by atoms with van der Waals surface area (Å²) in [5.74, 6) is 0. The summed E-state index contributed by atoms with van der Waals surface area (Å²) in [7, 11) is 0. The fraction of sp³-hybridized carbons (Fsp3) is 0.200. The van der Waals surface area contributed by atoms with Crippen LogP contribution in [0.1, 0.15) is 11.1 Å². The third-order valence-electron chi connectivity index (χ3n) is 2.05. The summed E-state index contributed by atoms with van der Waals surface area (Å²) in [6.07, 6.45) is 5.02. The quantitative estimate of drug-likeness (QED) is 0.645. The molecule has 2 aromatic heterocycles. The number of rotatable bonds is 2. The molecule has 13 heavy (non-hydrogen) atoms. The van der Waals surface area contributed by atoms with E-state index in [1.165, 1.54) is 0 Å². The summed E-state index contributed by atoms with van der Waals surface area (Å²) >= 11 is 0. The van der Waals surface area contributed by atoms with Crippen LogP contribution < -0.4 is 0 Å². The largest absolute Gasteiger partial charge is 0.303 e. The van der Waals surface area contributed by atoms with Crippen molar-refractivity contribution < 1.29 is 4.79 Å². The highest BCUT2D eigenvalue weighted by Gasteiger charge is 2.01. The van der Waals surface area contributed by atoms with Gasteiger partial charge in [0, 0.05) is 18.2 Å². The van der Waals surface area contributed by atoms with Crippen molar-refractivity contribution in [2.45, 2.75) is 13.3 Å². The van der Waals surface area contributed by atoms with E-state index in [2.05, 4.69) is 5.10 Å². The first-order valence-corrected chi connectivity index (χ1v) is 4.18. The number of fused-ring (bicyclic) bond motifs is 1. The highest BCUT2D eigenvalue weighted by atomic mass is 16.1. The summed E-state index contributed by atoms with van der Waals surface area (Å²) in [6, 6.07) is 4.01. The van der Waals surface area contributed by atoms with Crippen LogP contribution in [0, 0.1) is 6.92 Å². The summed E-state index contributed by atoms with van der Waals surface area (Å²) in [6.45, 7) is 2.01. The molecule has 2 heterocycles. The maximum absolute atomic E-state index is 10.3. The van der Waals surface area contributed by atoms with Crippen LogP contribution in [0.5, 0.6) is 0 Å². The standard InChI is InChI=1S/C10H10N2O/c1-8-2-3-10-9(4-5-13)6-11-12(10)7-8/h2-3,5-7H,4H2,1H3. The van der Waals surface area contributed by atoms with E-state index < -0.39 is 0 Å². The predicted molar refractivity (Wildman–Crippen MR) is 49.7 cm³/mol. The molecule has 0 aliphatic carbocycles. The smallest absolute Gasteiger partial charge is 0.124 e. The van der Waals surface area contributed by atoms with Crippen molar-refractivity contribution in [1.29, 1.82) is 0 Å². The normalized spacial score (nSPS) is 10.5. The van der Waals surface area contributed by atoms with Gasteiger partial charge in [0.2, 0.25) is 0 Å². The second kappa shape index (κ2) is 3.01. The van der Waals surface area contributed by atoms with Gasteiger partial charge in [0.1, 0.15) is 6.29 Å². The Kier molecular flexibility index (Phi) is 1.85. The van der Waals surface area contributed by atoms with E-state index in [9.17, 15) is 4.79 Å². The van der Waals surface area contributed by atoms with Crippen molar-refractivity contribution in [2.24, 2.45) is 0 Å². The molecule has 0 atom stereocenters. The molecule has 3 heteroatoms. The third-order valence-corrected chi connectivity index (χ3v) is 2.05. The SMILES string of the molecule is Cc1ccc2c(CC=O)cnn2c1. The van der Waals surface area contributed by atoms with Gasteiger partial charge in [0.05, 0.1) is 11.7 Å². The molecule has 0 saturated heterocycles. The van der Waals surface area contributed by atoms with Gasteiger partial charge in [-0.25, -0.2) is 4.52 Å². The zero-order valence-corrected chi connectivity index (χ0v) is 7.40. The van der Waals surface area contributed by atoms with E-state index >= 15 is 0 Å². The van der Waals surface area contributed by atoms with E-state index in [4.69, 9.17) is 0 Å². The van der Waals surface area contributed by atoms with Gasteiger partial charge < -0.3 is 4.79 Å². The molecule has 2 aromatic rings. The van der Waals surface area contributed by atoms with Crippen molar-refractivity contribution in [2.75, 3.05) is 0 Å². The zero-order chi connectivity index (χ0) is 9.26. The molecule has 0 saturated carbocycles. The van der Waals surface area contributed by atoms with Crippen LogP contribution in [0.2, 0.25) is 0 Å². The fourth-order valence-electron chi connectivity index (χ4n) is 1.39. The summed E-state index contributed by atoms with van der Waals surface area (Å²) in [5.41, 5.74) is 3.15. The molecule has 0 fully saturated rings. The second-order valence-corrected chi connectivity index (χ2v) is 3.08. The van der Waals surface area contributed by atoms with Gasteiger partial charge in [0.15, 0.2) is 0 Å². The number of carbonyl (C=O) groups excluding carboxylic acids is 1. The lowest BCUT2D eigenvalue weighted by molar-refractivity contribution is -0.107. The minimum Gasteiger partial charge on any atom is -0.303 e. The van der Waals surface area contributed by atoms with E-state index in [1.54, 1.807) is 10.7 Å². The maximum atomic E-state index is 10.3. The monoisotopic (exact) mass is 174 g/mol. The maximum Gasteiger partial charge on any atom is 0.124 e. The van der Waals surface area contributed by atoms with Crippen LogP contribution in [0.3, 0.4) is 0 Å². The lowest BCUT2D eigenvalue weighted by Gasteiger charge is -1.95. The van der Waals surface area contributed by atoms with Crippen LogP contribution in [-0.2, 0) is 11.2 Å². The lowest BCUT2D eigenvalue weighted by atomic mass is 10.2. The first kappa shape index (κ1) is 7.98. The highest BCUT2D eigenvalue weighted by Crippen LogP contribution is 2.11. The van der Waals surface area contributed by atoms with Crippen LogP contribution in [0.15, 0.2) is 24.5 Å². The first-order chi connectivity index (χ1) is 6.31. The predicted octanol–water partition coefficient (Wildman–Crippen LogP) is 1.38. The minimum absolute atomic E-state index is 0.437. The van der Waals surface area contributed by atoms with Crippen LogP contribution >= 0.6 is 0 Å². The fourth-order valence-corrected chi connectivity index (χ4v) is 1.39. The Labute approximate surface area is 76.0 Å². The van der Waals surface area contributed by atoms with Crippen molar-refractivity contribution in [3.63, 3.8) is 0 Å². The van der Waals surface area contributed by atoms with Gasteiger partial charge in [-0.3, -0.25) is 0 Å². The van der Waals surface area contributed by atoms with Crippen molar-refractivity contribution in [3.8, 4) is 0 Å². The number of carbonyl (C=O) groups is 1. The van der Waals surface area contributed by atoms with E-state index in [0.717, 1.165) is 22.9 Å². The lowest BCUT2D eigenvalue weighted by Crippen LogP contribution is -1.88. The summed E-state index contributed by atoms with van der Waals surface area (Å²) in [5, 5.41) is 4.16. The van der Waals surface area contributed by atoms with Gasteiger partial charge in [-0.05, 0) is 18.6 Å². The average Bonchev–Trinajstić information content (AvgIpc) is 2.49. The molecular formula is C10H10N2O. The molecule has 0 radical (unpaired) electrons.